The monoisotopic (exact) mass is 190 g/mol. The van der Waals surface area contributed by atoms with Gasteiger partial charge >= 0.3 is 0 Å². The van der Waals surface area contributed by atoms with E-state index in [0.29, 0.717) is 5.92 Å². The molecule has 2 rings (SSSR count). The quantitative estimate of drug-likeness (QED) is 0.536. The van der Waals surface area contributed by atoms with Gasteiger partial charge in [-0.2, -0.15) is 0 Å². The average molecular weight is 190 g/mol. The minimum absolute atomic E-state index is 0.186. The fraction of sp³-hybridized carbons (Fsp3) is 0.615. The SMILES string of the molecule is CC1(C)C(=O)C=C[C@]2(C)CC=CC[C@@H]12. The smallest absolute Gasteiger partial charge is 0.161 e. The standard InChI is InChI=1S/C13H18O/c1-12(2)10-6-4-5-8-13(10,3)9-7-11(12)14/h4-5,7,9-10H,6,8H2,1-3H3/t10-,13-/m0/s1. The van der Waals surface area contributed by atoms with E-state index in [9.17, 15) is 4.79 Å². The van der Waals surface area contributed by atoms with Crippen molar-refractivity contribution in [2.75, 3.05) is 0 Å². The maximum Gasteiger partial charge on any atom is 0.161 e. The van der Waals surface area contributed by atoms with Crippen molar-refractivity contribution in [2.24, 2.45) is 16.7 Å². The van der Waals surface area contributed by atoms with Gasteiger partial charge in [0.25, 0.3) is 0 Å². The van der Waals surface area contributed by atoms with Crippen LogP contribution in [0.4, 0.5) is 0 Å². The highest BCUT2D eigenvalue weighted by Gasteiger charge is 2.47. The molecule has 0 fully saturated rings. The van der Waals surface area contributed by atoms with Crippen LogP contribution in [0.5, 0.6) is 0 Å². The summed E-state index contributed by atoms with van der Waals surface area (Å²) >= 11 is 0. The summed E-state index contributed by atoms with van der Waals surface area (Å²) < 4.78 is 0. The minimum atomic E-state index is -0.186. The molecule has 0 heterocycles. The lowest BCUT2D eigenvalue weighted by atomic mass is 9.55. The number of allylic oxidation sites excluding steroid dienone is 4. The Morgan fingerprint density at radius 1 is 1.29 bits per heavy atom. The van der Waals surface area contributed by atoms with Crippen molar-refractivity contribution in [1.82, 2.24) is 0 Å². The maximum atomic E-state index is 11.8. The molecule has 0 N–H and O–H groups in total. The summed E-state index contributed by atoms with van der Waals surface area (Å²) in [6, 6.07) is 0. The first kappa shape index (κ1) is 9.70. The molecule has 1 heteroatoms. The van der Waals surface area contributed by atoms with Gasteiger partial charge in [-0.1, -0.05) is 39.0 Å². The van der Waals surface area contributed by atoms with Gasteiger partial charge in [-0.05, 0) is 30.3 Å². The summed E-state index contributed by atoms with van der Waals surface area (Å²) in [5.74, 6) is 0.757. The van der Waals surface area contributed by atoms with E-state index in [1.807, 2.05) is 0 Å². The second-order valence-corrected chi connectivity index (χ2v) is 5.39. The third-order valence-corrected chi connectivity index (χ3v) is 4.01. The Hall–Kier alpha value is -0.850. The largest absolute Gasteiger partial charge is 0.294 e. The number of rotatable bonds is 0. The normalized spacial score (nSPS) is 39.6. The van der Waals surface area contributed by atoms with Crippen molar-refractivity contribution in [3.63, 3.8) is 0 Å². The van der Waals surface area contributed by atoms with Crippen LogP contribution in [-0.4, -0.2) is 5.78 Å². The Bertz CT molecular complexity index is 322. The van der Waals surface area contributed by atoms with Crippen LogP contribution in [0.1, 0.15) is 33.6 Å². The predicted molar refractivity (Wildman–Crippen MR) is 57.9 cm³/mol. The van der Waals surface area contributed by atoms with Crippen LogP contribution in [0, 0.1) is 16.7 Å². The van der Waals surface area contributed by atoms with E-state index < -0.39 is 0 Å². The van der Waals surface area contributed by atoms with E-state index in [-0.39, 0.29) is 16.6 Å². The van der Waals surface area contributed by atoms with Gasteiger partial charge in [0.1, 0.15) is 0 Å². The molecule has 0 saturated heterocycles. The summed E-state index contributed by atoms with van der Waals surface area (Å²) in [4.78, 5) is 11.8. The molecule has 2 atom stereocenters. The van der Waals surface area contributed by atoms with Crippen molar-refractivity contribution in [2.45, 2.75) is 33.6 Å². The Labute approximate surface area is 85.9 Å². The lowest BCUT2D eigenvalue weighted by Gasteiger charge is -2.47. The lowest BCUT2D eigenvalue weighted by Crippen LogP contribution is -2.45. The third kappa shape index (κ3) is 1.18. The van der Waals surface area contributed by atoms with Crippen molar-refractivity contribution in [3.05, 3.63) is 24.3 Å². The highest BCUT2D eigenvalue weighted by atomic mass is 16.1. The van der Waals surface area contributed by atoms with Crippen LogP contribution in [0.15, 0.2) is 24.3 Å². The van der Waals surface area contributed by atoms with Crippen molar-refractivity contribution in [3.8, 4) is 0 Å². The summed E-state index contributed by atoms with van der Waals surface area (Å²) in [6.07, 6.45) is 10.5. The van der Waals surface area contributed by atoms with Gasteiger partial charge < -0.3 is 0 Å². The van der Waals surface area contributed by atoms with Crippen LogP contribution in [0.2, 0.25) is 0 Å². The highest BCUT2D eigenvalue weighted by molar-refractivity contribution is 5.95. The molecule has 14 heavy (non-hydrogen) atoms. The van der Waals surface area contributed by atoms with E-state index >= 15 is 0 Å². The number of hydrogen-bond acceptors (Lipinski definition) is 1. The minimum Gasteiger partial charge on any atom is -0.294 e. The summed E-state index contributed by atoms with van der Waals surface area (Å²) in [5, 5.41) is 0. The Morgan fingerprint density at radius 3 is 2.71 bits per heavy atom. The zero-order valence-electron chi connectivity index (χ0n) is 9.21. The van der Waals surface area contributed by atoms with E-state index in [4.69, 9.17) is 0 Å². The summed E-state index contributed by atoms with van der Waals surface area (Å²) in [5.41, 5.74) is 0.0143. The number of carbonyl (C=O) groups is 1. The predicted octanol–water partition coefficient (Wildman–Crippen LogP) is 3.12. The number of carbonyl (C=O) groups excluding carboxylic acids is 1. The fourth-order valence-corrected chi connectivity index (χ4v) is 2.94. The first-order valence-electron chi connectivity index (χ1n) is 5.35. The average Bonchev–Trinajstić information content (AvgIpc) is 2.13. The molecule has 2 aliphatic carbocycles. The van der Waals surface area contributed by atoms with E-state index in [2.05, 4.69) is 39.0 Å². The van der Waals surface area contributed by atoms with Crippen molar-refractivity contribution in [1.29, 1.82) is 0 Å². The highest BCUT2D eigenvalue weighted by Crippen LogP contribution is 2.51. The molecule has 0 spiro atoms. The molecule has 0 aromatic rings. The van der Waals surface area contributed by atoms with Gasteiger partial charge in [0.15, 0.2) is 5.78 Å². The molecule has 1 nitrogen and oxygen atoms in total. The van der Waals surface area contributed by atoms with Crippen molar-refractivity contribution < 1.29 is 4.79 Å². The summed E-state index contributed by atoms with van der Waals surface area (Å²) in [6.45, 7) is 6.44. The molecule has 76 valence electrons. The molecule has 0 unspecified atom stereocenters. The molecular formula is C13H18O. The van der Waals surface area contributed by atoms with Gasteiger partial charge in [0, 0.05) is 5.41 Å². The van der Waals surface area contributed by atoms with Crippen LogP contribution < -0.4 is 0 Å². The summed E-state index contributed by atoms with van der Waals surface area (Å²) in [7, 11) is 0. The zero-order chi connectivity index (χ0) is 10.4. The Kier molecular flexibility index (Phi) is 1.95. The van der Waals surface area contributed by atoms with Crippen LogP contribution in [-0.2, 0) is 4.79 Å². The van der Waals surface area contributed by atoms with Gasteiger partial charge in [-0.3, -0.25) is 4.79 Å². The second kappa shape index (κ2) is 2.82. The molecule has 0 aromatic carbocycles. The van der Waals surface area contributed by atoms with E-state index in [1.165, 1.54) is 0 Å². The van der Waals surface area contributed by atoms with Gasteiger partial charge in [-0.15, -0.1) is 0 Å². The van der Waals surface area contributed by atoms with Crippen LogP contribution >= 0.6 is 0 Å². The van der Waals surface area contributed by atoms with Gasteiger partial charge in [0.05, 0.1) is 0 Å². The number of fused-ring (bicyclic) bond motifs is 1. The maximum absolute atomic E-state index is 11.8. The van der Waals surface area contributed by atoms with Gasteiger partial charge in [-0.25, -0.2) is 0 Å². The van der Waals surface area contributed by atoms with E-state index in [0.717, 1.165) is 12.8 Å². The molecule has 2 aliphatic rings. The second-order valence-electron chi connectivity index (χ2n) is 5.39. The first-order chi connectivity index (χ1) is 6.47. The topological polar surface area (TPSA) is 17.1 Å². The molecule has 0 aliphatic heterocycles. The van der Waals surface area contributed by atoms with Gasteiger partial charge in [0.2, 0.25) is 0 Å². The molecule has 0 saturated carbocycles. The van der Waals surface area contributed by atoms with E-state index in [1.54, 1.807) is 6.08 Å². The molecular weight excluding hydrogens is 172 g/mol. The fourth-order valence-electron chi connectivity index (χ4n) is 2.94. The van der Waals surface area contributed by atoms with Crippen molar-refractivity contribution >= 4 is 5.78 Å². The van der Waals surface area contributed by atoms with Crippen LogP contribution in [0.3, 0.4) is 0 Å². The number of hydrogen-bond donors (Lipinski definition) is 0. The molecule has 0 aromatic heterocycles. The Morgan fingerprint density at radius 2 is 2.00 bits per heavy atom. The van der Waals surface area contributed by atoms with Crippen LogP contribution in [0.25, 0.3) is 0 Å². The third-order valence-electron chi connectivity index (χ3n) is 4.01. The first-order valence-corrected chi connectivity index (χ1v) is 5.35. The number of ketones is 1. The molecule has 0 radical (unpaired) electrons. The molecule has 0 amide bonds. The lowest BCUT2D eigenvalue weighted by molar-refractivity contribution is -0.128. The molecule has 0 bridgehead atoms. The Balaban J connectivity index is 2.46. The zero-order valence-corrected chi connectivity index (χ0v) is 9.21.